The van der Waals surface area contributed by atoms with Crippen molar-refractivity contribution in [2.45, 2.75) is 103 Å². The van der Waals surface area contributed by atoms with Crippen molar-refractivity contribution in [1.82, 2.24) is 0 Å². The Morgan fingerprint density at radius 1 is 0.654 bits per heavy atom. The summed E-state index contributed by atoms with van der Waals surface area (Å²) in [5.74, 6) is -2.48. The molecular weight excluding hydrogens is 336 g/mol. The van der Waals surface area contributed by atoms with Gasteiger partial charge in [0, 0.05) is 13.2 Å². The summed E-state index contributed by atoms with van der Waals surface area (Å²) < 4.78 is 11.8. The summed E-state index contributed by atoms with van der Waals surface area (Å²) in [5.41, 5.74) is -3.74. The molecule has 0 aromatic rings. The van der Waals surface area contributed by atoms with Crippen molar-refractivity contribution in [2.75, 3.05) is 13.2 Å². The predicted molar refractivity (Wildman–Crippen MR) is 102 cm³/mol. The van der Waals surface area contributed by atoms with Crippen LogP contribution in [-0.2, 0) is 19.1 Å². The third kappa shape index (κ3) is 6.23. The lowest BCUT2D eigenvalue weighted by Crippen LogP contribution is -2.66. The molecule has 154 valence electrons. The minimum Gasteiger partial charge on any atom is -0.479 e. The second-order valence-electron chi connectivity index (χ2n) is 6.88. The molecule has 0 heterocycles. The van der Waals surface area contributed by atoms with Crippen LogP contribution in [0, 0.1) is 0 Å². The molecule has 0 aliphatic heterocycles. The van der Waals surface area contributed by atoms with Gasteiger partial charge in [-0.25, -0.2) is 9.59 Å². The molecule has 2 N–H and O–H groups in total. The van der Waals surface area contributed by atoms with Crippen molar-refractivity contribution in [3.05, 3.63) is 0 Å². The molecule has 2 unspecified atom stereocenters. The van der Waals surface area contributed by atoms with E-state index in [0.29, 0.717) is 25.7 Å². The molecule has 0 fully saturated rings. The minimum absolute atomic E-state index is 0.130. The number of unbranched alkanes of at least 4 members (excludes halogenated alkanes) is 4. The summed E-state index contributed by atoms with van der Waals surface area (Å²) in [5, 5.41) is 20.2. The number of hydrogen-bond donors (Lipinski definition) is 2. The fourth-order valence-corrected chi connectivity index (χ4v) is 3.10. The summed E-state index contributed by atoms with van der Waals surface area (Å²) >= 11 is 0. The quantitative estimate of drug-likeness (QED) is 0.360. The number of ether oxygens (including phenoxy) is 2. The van der Waals surface area contributed by atoms with Gasteiger partial charge in [0.2, 0.25) is 11.2 Å². The molecule has 26 heavy (non-hydrogen) atoms. The van der Waals surface area contributed by atoms with E-state index in [-0.39, 0.29) is 26.1 Å². The van der Waals surface area contributed by atoms with Crippen LogP contribution >= 0.6 is 0 Å². The predicted octanol–water partition coefficient (Wildman–Crippen LogP) is 4.65. The van der Waals surface area contributed by atoms with Crippen molar-refractivity contribution in [3.8, 4) is 0 Å². The zero-order valence-corrected chi connectivity index (χ0v) is 17.0. The highest BCUT2D eigenvalue weighted by Crippen LogP contribution is 2.40. The first kappa shape index (κ1) is 24.9. The van der Waals surface area contributed by atoms with E-state index < -0.39 is 23.1 Å². The highest BCUT2D eigenvalue weighted by molar-refractivity contribution is 5.91. The van der Waals surface area contributed by atoms with Gasteiger partial charge < -0.3 is 19.7 Å². The number of carbonyl (C=O) groups is 2. The first-order chi connectivity index (χ1) is 12.4. The molecule has 0 saturated heterocycles. The average Bonchev–Trinajstić information content (AvgIpc) is 2.61. The van der Waals surface area contributed by atoms with Crippen LogP contribution in [0.15, 0.2) is 0 Å². The lowest BCUT2D eigenvalue weighted by molar-refractivity contribution is -0.235. The molecule has 0 saturated carbocycles. The molecule has 0 aliphatic carbocycles. The monoisotopic (exact) mass is 374 g/mol. The van der Waals surface area contributed by atoms with Crippen LogP contribution in [-0.4, -0.2) is 46.6 Å². The Morgan fingerprint density at radius 3 is 1.19 bits per heavy atom. The first-order valence-electron chi connectivity index (χ1n) is 10.1. The van der Waals surface area contributed by atoms with Crippen LogP contribution in [0.5, 0.6) is 0 Å². The van der Waals surface area contributed by atoms with Crippen molar-refractivity contribution in [2.24, 2.45) is 0 Å². The molecule has 0 radical (unpaired) electrons. The van der Waals surface area contributed by atoms with Gasteiger partial charge in [-0.1, -0.05) is 66.2 Å². The Balaban J connectivity index is 6.10. The van der Waals surface area contributed by atoms with E-state index in [1.54, 1.807) is 0 Å². The topological polar surface area (TPSA) is 93.1 Å². The largest absolute Gasteiger partial charge is 0.479 e. The molecule has 0 aliphatic rings. The Morgan fingerprint density at radius 2 is 0.962 bits per heavy atom. The minimum atomic E-state index is -1.87. The molecule has 0 aromatic heterocycles. The third-order valence-electron chi connectivity index (χ3n) is 4.80. The third-order valence-corrected chi connectivity index (χ3v) is 4.80. The summed E-state index contributed by atoms with van der Waals surface area (Å²) in [4.78, 5) is 24.8. The average molecular weight is 375 g/mol. The van der Waals surface area contributed by atoms with Gasteiger partial charge in [-0.2, -0.15) is 0 Å². The lowest BCUT2D eigenvalue weighted by Gasteiger charge is -2.44. The van der Waals surface area contributed by atoms with Gasteiger partial charge in [0.1, 0.15) is 0 Å². The molecule has 6 heteroatoms. The van der Waals surface area contributed by atoms with E-state index in [2.05, 4.69) is 0 Å². The Kier molecular flexibility index (Phi) is 12.5. The zero-order chi connectivity index (χ0) is 20.1. The number of rotatable bonds is 17. The number of aliphatic carboxylic acids is 2. The molecule has 0 aromatic carbocycles. The first-order valence-corrected chi connectivity index (χ1v) is 10.1. The van der Waals surface area contributed by atoms with Gasteiger partial charge >= 0.3 is 11.9 Å². The molecule has 2 atom stereocenters. The molecule has 0 bridgehead atoms. The molecular formula is C20H38O6. The Labute approximate surface area is 158 Å². The van der Waals surface area contributed by atoms with Crippen LogP contribution in [0.4, 0.5) is 0 Å². The van der Waals surface area contributed by atoms with Crippen molar-refractivity contribution < 1.29 is 29.3 Å². The molecule has 0 amide bonds. The van der Waals surface area contributed by atoms with E-state index in [9.17, 15) is 19.8 Å². The molecule has 0 rings (SSSR count). The Hall–Kier alpha value is -1.14. The van der Waals surface area contributed by atoms with Gasteiger partial charge in [0.25, 0.3) is 0 Å². The highest BCUT2D eigenvalue weighted by atomic mass is 16.6. The second-order valence-corrected chi connectivity index (χ2v) is 6.88. The SMILES string of the molecule is CCCCOC(CCCC)(C(=O)O)C(CCCC)(OCCCC)C(=O)O. The number of carboxylic acid groups (broad SMARTS) is 2. The summed E-state index contributed by atoms with van der Waals surface area (Å²) in [6.45, 7) is 8.29. The van der Waals surface area contributed by atoms with Gasteiger partial charge in [0.05, 0.1) is 0 Å². The van der Waals surface area contributed by atoms with E-state index in [1.807, 2.05) is 27.7 Å². The maximum Gasteiger partial charge on any atom is 0.339 e. The zero-order valence-electron chi connectivity index (χ0n) is 17.0. The number of carboxylic acids is 2. The van der Waals surface area contributed by atoms with Crippen LogP contribution in [0.2, 0.25) is 0 Å². The van der Waals surface area contributed by atoms with Crippen LogP contribution in [0.1, 0.15) is 91.9 Å². The summed E-state index contributed by atoms with van der Waals surface area (Å²) in [6.07, 6.45) is 5.95. The normalized spacial score (nSPS) is 16.0. The van der Waals surface area contributed by atoms with Gasteiger partial charge in [-0.15, -0.1) is 0 Å². The van der Waals surface area contributed by atoms with Crippen LogP contribution in [0.3, 0.4) is 0 Å². The second kappa shape index (κ2) is 13.1. The van der Waals surface area contributed by atoms with E-state index in [0.717, 1.165) is 25.7 Å². The van der Waals surface area contributed by atoms with Crippen molar-refractivity contribution in [1.29, 1.82) is 0 Å². The van der Waals surface area contributed by atoms with Crippen LogP contribution < -0.4 is 0 Å². The Bertz CT molecular complexity index is 373. The molecule has 0 spiro atoms. The van der Waals surface area contributed by atoms with Gasteiger partial charge in [0.15, 0.2) is 0 Å². The van der Waals surface area contributed by atoms with Crippen LogP contribution in [0.25, 0.3) is 0 Å². The fourth-order valence-electron chi connectivity index (χ4n) is 3.10. The standard InChI is InChI=1S/C20H38O6/c1-5-9-13-19(17(21)22,25-15-11-7-3)20(18(23)24,14-10-6-2)26-16-12-8-4/h5-16H2,1-4H3,(H,21,22)(H,23,24). The fraction of sp³-hybridized carbons (Fsp3) is 0.900. The van der Waals surface area contributed by atoms with E-state index in [4.69, 9.17) is 9.47 Å². The summed E-state index contributed by atoms with van der Waals surface area (Å²) in [6, 6.07) is 0. The molecule has 6 nitrogen and oxygen atoms in total. The van der Waals surface area contributed by atoms with E-state index in [1.165, 1.54) is 0 Å². The van der Waals surface area contributed by atoms with Gasteiger partial charge in [-0.3, -0.25) is 0 Å². The maximum absolute atomic E-state index is 12.4. The van der Waals surface area contributed by atoms with E-state index >= 15 is 0 Å². The van der Waals surface area contributed by atoms with Crippen molar-refractivity contribution in [3.63, 3.8) is 0 Å². The maximum atomic E-state index is 12.4. The number of hydrogen-bond acceptors (Lipinski definition) is 4. The smallest absolute Gasteiger partial charge is 0.339 e. The summed E-state index contributed by atoms with van der Waals surface area (Å²) in [7, 11) is 0. The lowest BCUT2D eigenvalue weighted by atomic mass is 9.75. The van der Waals surface area contributed by atoms with Gasteiger partial charge in [-0.05, 0) is 25.7 Å². The van der Waals surface area contributed by atoms with Crippen molar-refractivity contribution >= 4 is 11.9 Å². The highest BCUT2D eigenvalue weighted by Gasteiger charge is 2.63.